The molecule has 0 bridgehead atoms. The molecular weight excluding hydrogens is 296 g/mol. The van der Waals surface area contributed by atoms with Crippen molar-refractivity contribution in [1.82, 2.24) is 0 Å². The van der Waals surface area contributed by atoms with Crippen molar-refractivity contribution in [3.63, 3.8) is 0 Å². The molecule has 0 aliphatic carbocycles. The van der Waals surface area contributed by atoms with Crippen molar-refractivity contribution < 1.29 is 0 Å². The summed E-state index contributed by atoms with van der Waals surface area (Å²) in [5.74, 6) is 2.24. The molecule has 0 N–H and O–H groups in total. The number of thioether (sulfide) groups is 1. The highest BCUT2D eigenvalue weighted by Crippen LogP contribution is 2.26. The summed E-state index contributed by atoms with van der Waals surface area (Å²) < 4.78 is 0. The van der Waals surface area contributed by atoms with Crippen LogP contribution in [0.15, 0.2) is 36.4 Å². The molecule has 0 nitrogen and oxygen atoms in total. The van der Waals surface area contributed by atoms with Crippen LogP contribution in [0.4, 0.5) is 0 Å². The largest absolute Gasteiger partial charge is 0.152 e. The molecule has 0 aromatic heterocycles. The molecule has 0 saturated heterocycles. The number of hydrogen-bond acceptors (Lipinski definition) is 1. The zero-order valence-corrected chi connectivity index (χ0v) is 15.9. The van der Waals surface area contributed by atoms with E-state index in [1.165, 1.54) is 22.3 Å². The molecule has 2 aromatic carbocycles. The fraction of sp³-hybridized carbons (Fsp3) is 0.455. The highest BCUT2D eigenvalue weighted by molar-refractivity contribution is 7.97. The highest BCUT2D eigenvalue weighted by Gasteiger charge is 2.08. The van der Waals surface area contributed by atoms with Gasteiger partial charge in [-0.2, -0.15) is 11.8 Å². The van der Waals surface area contributed by atoms with Gasteiger partial charge in [0.15, 0.2) is 0 Å². The minimum Gasteiger partial charge on any atom is -0.152 e. The van der Waals surface area contributed by atoms with Crippen molar-refractivity contribution in [1.29, 1.82) is 0 Å². The van der Waals surface area contributed by atoms with Crippen LogP contribution in [0.1, 0.15) is 61.1 Å². The number of benzene rings is 2. The molecule has 2 aromatic rings. The average Bonchev–Trinajstić information content (AvgIpc) is 2.60. The van der Waals surface area contributed by atoms with Gasteiger partial charge in [-0.05, 0) is 59.1 Å². The molecular formula is C22H30S. The summed E-state index contributed by atoms with van der Waals surface area (Å²) in [7, 11) is 0. The van der Waals surface area contributed by atoms with Gasteiger partial charge in [0, 0.05) is 11.5 Å². The molecule has 124 valence electrons. The predicted octanol–water partition coefficient (Wildman–Crippen LogP) is 6.37. The first-order valence-corrected chi connectivity index (χ1v) is 10.2. The standard InChI is InChI=1S/C22H30S/c1-5-17-11-9-13-19(21(17)7-3)15-23-16-20-14-10-12-18(6-2)22(20)8-4/h9-14H,5-8,15-16H2,1-4H3. The number of hydrogen-bond donors (Lipinski definition) is 0. The third-order valence-corrected chi connectivity index (χ3v) is 5.75. The van der Waals surface area contributed by atoms with E-state index in [-0.39, 0.29) is 0 Å². The molecule has 0 saturated carbocycles. The van der Waals surface area contributed by atoms with Gasteiger partial charge < -0.3 is 0 Å². The van der Waals surface area contributed by atoms with Gasteiger partial charge in [0.2, 0.25) is 0 Å². The Morgan fingerprint density at radius 1 is 0.565 bits per heavy atom. The van der Waals surface area contributed by atoms with E-state index < -0.39 is 0 Å². The Kier molecular flexibility index (Phi) is 7.23. The van der Waals surface area contributed by atoms with Crippen molar-refractivity contribution in [2.75, 3.05) is 0 Å². The lowest BCUT2D eigenvalue weighted by atomic mass is 9.98. The Hall–Kier alpha value is -1.21. The Morgan fingerprint density at radius 2 is 0.957 bits per heavy atom. The Labute approximate surface area is 146 Å². The molecule has 1 heteroatoms. The molecule has 0 heterocycles. The molecule has 0 aliphatic rings. The van der Waals surface area contributed by atoms with Crippen LogP contribution in [-0.2, 0) is 37.2 Å². The van der Waals surface area contributed by atoms with Gasteiger partial charge in [-0.15, -0.1) is 0 Å². The van der Waals surface area contributed by atoms with E-state index in [1.807, 2.05) is 0 Å². The van der Waals surface area contributed by atoms with Gasteiger partial charge in [-0.25, -0.2) is 0 Å². The summed E-state index contributed by atoms with van der Waals surface area (Å²) in [4.78, 5) is 0. The fourth-order valence-electron chi connectivity index (χ4n) is 3.49. The second-order valence-corrected chi connectivity index (χ2v) is 7.00. The Bertz CT molecular complexity index is 572. The summed E-state index contributed by atoms with van der Waals surface area (Å²) >= 11 is 2.06. The lowest BCUT2D eigenvalue weighted by Crippen LogP contribution is -1.99. The Balaban J connectivity index is 2.09. The third kappa shape index (κ3) is 4.41. The maximum atomic E-state index is 2.31. The summed E-state index contributed by atoms with van der Waals surface area (Å²) in [5.41, 5.74) is 9.24. The van der Waals surface area contributed by atoms with E-state index >= 15 is 0 Å². The van der Waals surface area contributed by atoms with Gasteiger partial charge in [-0.1, -0.05) is 64.1 Å². The maximum Gasteiger partial charge on any atom is 0.0190 e. The lowest BCUT2D eigenvalue weighted by molar-refractivity contribution is 1.01. The van der Waals surface area contributed by atoms with E-state index in [0.717, 1.165) is 37.2 Å². The van der Waals surface area contributed by atoms with Crippen LogP contribution in [0, 0.1) is 0 Å². The molecule has 0 amide bonds. The van der Waals surface area contributed by atoms with E-state index in [9.17, 15) is 0 Å². The van der Waals surface area contributed by atoms with Crippen molar-refractivity contribution >= 4 is 11.8 Å². The second-order valence-electron chi connectivity index (χ2n) is 6.02. The van der Waals surface area contributed by atoms with Gasteiger partial charge >= 0.3 is 0 Å². The quantitative estimate of drug-likeness (QED) is 0.543. The fourth-order valence-corrected chi connectivity index (χ4v) is 4.57. The molecule has 2 rings (SSSR count). The van der Waals surface area contributed by atoms with Crippen LogP contribution < -0.4 is 0 Å². The van der Waals surface area contributed by atoms with Crippen LogP contribution in [0.3, 0.4) is 0 Å². The number of aryl methyl sites for hydroxylation is 2. The molecule has 0 atom stereocenters. The molecule has 0 fully saturated rings. The van der Waals surface area contributed by atoms with Gasteiger partial charge in [-0.3, -0.25) is 0 Å². The zero-order chi connectivity index (χ0) is 16.7. The van der Waals surface area contributed by atoms with E-state index in [0.29, 0.717) is 0 Å². The molecule has 0 radical (unpaired) electrons. The average molecular weight is 327 g/mol. The minimum atomic E-state index is 1.12. The van der Waals surface area contributed by atoms with Crippen LogP contribution in [0.2, 0.25) is 0 Å². The van der Waals surface area contributed by atoms with Crippen LogP contribution >= 0.6 is 11.8 Å². The number of rotatable bonds is 8. The molecule has 23 heavy (non-hydrogen) atoms. The maximum absolute atomic E-state index is 2.31. The first kappa shape index (κ1) is 18.1. The van der Waals surface area contributed by atoms with Crippen molar-refractivity contribution in [2.45, 2.75) is 64.9 Å². The summed E-state index contributed by atoms with van der Waals surface area (Å²) in [6, 6.07) is 13.6. The summed E-state index contributed by atoms with van der Waals surface area (Å²) in [6.45, 7) is 9.08. The first-order chi connectivity index (χ1) is 11.2. The SMILES string of the molecule is CCc1cccc(CSCc2cccc(CC)c2CC)c1CC. The van der Waals surface area contributed by atoms with Crippen molar-refractivity contribution in [2.24, 2.45) is 0 Å². The molecule has 0 unspecified atom stereocenters. The summed E-state index contributed by atoms with van der Waals surface area (Å²) in [5, 5.41) is 0. The summed E-state index contributed by atoms with van der Waals surface area (Å²) in [6.07, 6.45) is 4.57. The van der Waals surface area contributed by atoms with Crippen LogP contribution in [0.5, 0.6) is 0 Å². The first-order valence-electron chi connectivity index (χ1n) is 9.02. The van der Waals surface area contributed by atoms with Gasteiger partial charge in [0.1, 0.15) is 0 Å². The third-order valence-electron chi connectivity index (χ3n) is 4.72. The topological polar surface area (TPSA) is 0 Å². The van der Waals surface area contributed by atoms with Crippen molar-refractivity contribution in [3.05, 3.63) is 69.8 Å². The van der Waals surface area contributed by atoms with Crippen molar-refractivity contribution in [3.8, 4) is 0 Å². The van der Waals surface area contributed by atoms with Gasteiger partial charge in [0.25, 0.3) is 0 Å². The zero-order valence-electron chi connectivity index (χ0n) is 15.1. The van der Waals surface area contributed by atoms with E-state index in [2.05, 4.69) is 75.9 Å². The van der Waals surface area contributed by atoms with E-state index in [4.69, 9.17) is 0 Å². The Morgan fingerprint density at radius 3 is 1.30 bits per heavy atom. The normalized spacial score (nSPS) is 11.0. The van der Waals surface area contributed by atoms with Crippen LogP contribution in [-0.4, -0.2) is 0 Å². The predicted molar refractivity (Wildman–Crippen MR) is 105 cm³/mol. The smallest absolute Gasteiger partial charge is 0.0190 e. The van der Waals surface area contributed by atoms with Crippen LogP contribution in [0.25, 0.3) is 0 Å². The van der Waals surface area contributed by atoms with Gasteiger partial charge in [0.05, 0.1) is 0 Å². The molecule has 0 spiro atoms. The highest BCUT2D eigenvalue weighted by atomic mass is 32.2. The minimum absolute atomic E-state index is 1.12. The monoisotopic (exact) mass is 326 g/mol. The molecule has 0 aliphatic heterocycles. The van der Waals surface area contributed by atoms with E-state index in [1.54, 1.807) is 11.1 Å². The second kappa shape index (κ2) is 9.17. The lowest BCUT2D eigenvalue weighted by Gasteiger charge is -2.14.